The molecule has 0 spiro atoms. The topological polar surface area (TPSA) is 82.4 Å². The highest BCUT2D eigenvalue weighted by Crippen LogP contribution is 2.28. The molecule has 2 aromatic heterocycles. The van der Waals surface area contributed by atoms with Crippen molar-refractivity contribution in [1.29, 1.82) is 5.26 Å². The molecule has 0 unspecified atom stereocenters. The third-order valence-electron chi connectivity index (χ3n) is 4.34. The Hall–Kier alpha value is -2.52. The van der Waals surface area contributed by atoms with Crippen LogP contribution in [-0.2, 0) is 17.9 Å². The van der Waals surface area contributed by atoms with Gasteiger partial charge >= 0.3 is 0 Å². The van der Waals surface area contributed by atoms with E-state index in [1.165, 1.54) is 0 Å². The summed E-state index contributed by atoms with van der Waals surface area (Å²) in [5, 5.41) is 12.3. The molecular formula is C18H21N3O3. The Balaban J connectivity index is 1.64. The van der Waals surface area contributed by atoms with Crippen LogP contribution in [-0.4, -0.2) is 22.9 Å². The average Bonchev–Trinajstić information content (AvgIpc) is 3.29. The second-order valence-electron chi connectivity index (χ2n) is 6.25. The van der Waals surface area contributed by atoms with Crippen LogP contribution in [0.15, 0.2) is 45.6 Å². The number of nitriles is 1. The molecule has 2 aromatic rings. The number of carbonyl (C=O) groups excluding carboxylic acids is 1. The Labute approximate surface area is 141 Å². The van der Waals surface area contributed by atoms with Crippen LogP contribution in [0.5, 0.6) is 0 Å². The molecule has 1 fully saturated rings. The first-order valence-electron chi connectivity index (χ1n) is 8.18. The summed E-state index contributed by atoms with van der Waals surface area (Å²) in [5.41, 5.74) is -0.696. The lowest BCUT2D eigenvalue weighted by Gasteiger charge is -2.25. The number of hydrogen-bond acceptors (Lipinski definition) is 5. The minimum atomic E-state index is -0.696. The van der Waals surface area contributed by atoms with Crippen molar-refractivity contribution >= 4 is 5.91 Å². The molecule has 0 saturated heterocycles. The van der Waals surface area contributed by atoms with Crippen LogP contribution >= 0.6 is 0 Å². The van der Waals surface area contributed by atoms with Crippen LogP contribution in [0.25, 0.3) is 0 Å². The van der Waals surface area contributed by atoms with Crippen molar-refractivity contribution in [2.45, 2.75) is 44.3 Å². The van der Waals surface area contributed by atoms with Crippen molar-refractivity contribution in [2.24, 2.45) is 0 Å². The van der Waals surface area contributed by atoms with Gasteiger partial charge in [-0.05, 0) is 49.9 Å². The zero-order chi connectivity index (χ0) is 16.8. The fraction of sp³-hybridized carbons (Fsp3) is 0.444. The van der Waals surface area contributed by atoms with Gasteiger partial charge in [0.05, 0.1) is 38.2 Å². The highest BCUT2D eigenvalue weighted by Gasteiger charge is 2.35. The molecule has 24 heavy (non-hydrogen) atoms. The van der Waals surface area contributed by atoms with Crippen LogP contribution < -0.4 is 5.32 Å². The van der Waals surface area contributed by atoms with Gasteiger partial charge in [-0.2, -0.15) is 5.26 Å². The lowest BCUT2D eigenvalue weighted by molar-refractivity contribution is -0.124. The molecule has 6 heteroatoms. The summed E-state index contributed by atoms with van der Waals surface area (Å²) < 4.78 is 10.8. The van der Waals surface area contributed by atoms with Gasteiger partial charge in [-0.15, -0.1) is 0 Å². The third-order valence-corrected chi connectivity index (χ3v) is 4.34. The fourth-order valence-corrected chi connectivity index (χ4v) is 3.17. The second-order valence-corrected chi connectivity index (χ2v) is 6.25. The van der Waals surface area contributed by atoms with Gasteiger partial charge in [0.2, 0.25) is 5.91 Å². The number of hydrogen-bond donors (Lipinski definition) is 1. The lowest BCUT2D eigenvalue weighted by Crippen LogP contribution is -2.48. The van der Waals surface area contributed by atoms with Gasteiger partial charge in [0.25, 0.3) is 0 Å². The van der Waals surface area contributed by atoms with Crippen LogP contribution in [0.1, 0.15) is 37.2 Å². The number of carbonyl (C=O) groups is 1. The van der Waals surface area contributed by atoms with E-state index in [-0.39, 0.29) is 12.5 Å². The maximum atomic E-state index is 12.5. The summed E-state index contributed by atoms with van der Waals surface area (Å²) >= 11 is 0. The quantitative estimate of drug-likeness (QED) is 0.845. The van der Waals surface area contributed by atoms with Gasteiger partial charge in [-0.1, -0.05) is 0 Å². The van der Waals surface area contributed by atoms with Crippen LogP contribution in [0.3, 0.4) is 0 Å². The van der Waals surface area contributed by atoms with E-state index in [1.54, 1.807) is 12.5 Å². The van der Waals surface area contributed by atoms with E-state index in [2.05, 4.69) is 11.4 Å². The molecule has 1 N–H and O–H groups in total. The summed E-state index contributed by atoms with van der Waals surface area (Å²) in [4.78, 5) is 14.4. The highest BCUT2D eigenvalue weighted by molar-refractivity contribution is 5.79. The van der Waals surface area contributed by atoms with Crippen LogP contribution in [0, 0.1) is 11.3 Å². The van der Waals surface area contributed by atoms with Crippen molar-refractivity contribution in [3.8, 4) is 6.07 Å². The summed E-state index contributed by atoms with van der Waals surface area (Å²) in [6.07, 6.45) is 6.65. The predicted octanol–water partition coefficient (Wildman–Crippen LogP) is 2.83. The molecule has 0 atom stereocenters. The van der Waals surface area contributed by atoms with Crippen molar-refractivity contribution in [3.05, 3.63) is 48.3 Å². The van der Waals surface area contributed by atoms with E-state index >= 15 is 0 Å². The molecule has 1 aliphatic carbocycles. The molecular weight excluding hydrogens is 306 g/mol. The molecule has 0 radical (unpaired) electrons. The van der Waals surface area contributed by atoms with Gasteiger partial charge < -0.3 is 14.2 Å². The first-order valence-corrected chi connectivity index (χ1v) is 8.18. The van der Waals surface area contributed by atoms with Gasteiger partial charge in [-0.25, -0.2) is 0 Å². The molecule has 126 valence electrons. The summed E-state index contributed by atoms with van der Waals surface area (Å²) in [6.45, 7) is 1.19. The maximum absolute atomic E-state index is 12.5. The van der Waals surface area contributed by atoms with E-state index in [9.17, 15) is 10.1 Å². The Bertz CT molecular complexity index is 643. The van der Waals surface area contributed by atoms with Crippen LogP contribution in [0.2, 0.25) is 0 Å². The van der Waals surface area contributed by atoms with Gasteiger partial charge in [0.15, 0.2) is 0 Å². The summed E-state index contributed by atoms with van der Waals surface area (Å²) in [5.74, 6) is 1.42. The molecule has 1 saturated carbocycles. The molecule has 0 bridgehead atoms. The Morgan fingerprint density at radius 3 is 2.21 bits per heavy atom. The summed E-state index contributed by atoms with van der Waals surface area (Å²) in [6, 6.07) is 9.68. The first-order chi connectivity index (χ1) is 11.7. The van der Waals surface area contributed by atoms with Crippen molar-refractivity contribution in [1.82, 2.24) is 10.2 Å². The standard InChI is InChI=1S/C18H21N3O3/c19-14-18(7-1-2-8-18)20-17(22)13-21(11-15-5-3-9-23-15)12-16-6-4-10-24-16/h3-6,9-10H,1-2,7-8,11-13H2,(H,20,22). The summed E-state index contributed by atoms with van der Waals surface area (Å²) in [7, 11) is 0. The largest absolute Gasteiger partial charge is 0.468 e. The second kappa shape index (κ2) is 7.37. The average molecular weight is 327 g/mol. The molecule has 0 aliphatic heterocycles. The fourth-order valence-electron chi connectivity index (χ4n) is 3.17. The first kappa shape index (κ1) is 16.3. The van der Waals surface area contributed by atoms with Crippen molar-refractivity contribution in [2.75, 3.05) is 6.54 Å². The maximum Gasteiger partial charge on any atom is 0.235 e. The highest BCUT2D eigenvalue weighted by atomic mass is 16.3. The van der Waals surface area contributed by atoms with Gasteiger partial charge in [0, 0.05) is 0 Å². The smallest absolute Gasteiger partial charge is 0.235 e. The van der Waals surface area contributed by atoms with E-state index in [1.807, 2.05) is 29.2 Å². The SMILES string of the molecule is N#CC1(NC(=O)CN(Cc2ccco2)Cc2ccco2)CCCC1. The normalized spacial score (nSPS) is 16.2. The van der Waals surface area contributed by atoms with E-state index in [0.717, 1.165) is 37.2 Å². The Kier molecular flexibility index (Phi) is 5.02. The molecule has 1 aliphatic rings. The van der Waals surface area contributed by atoms with Crippen molar-refractivity contribution in [3.63, 3.8) is 0 Å². The minimum Gasteiger partial charge on any atom is -0.468 e. The number of amides is 1. The predicted molar refractivity (Wildman–Crippen MR) is 86.5 cm³/mol. The third kappa shape index (κ3) is 4.06. The molecule has 6 nitrogen and oxygen atoms in total. The Morgan fingerprint density at radius 1 is 1.17 bits per heavy atom. The van der Waals surface area contributed by atoms with Crippen molar-refractivity contribution < 1.29 is 13.6 Å². The number of nitrogens with zero attached hydrogens (tertiary/aromatic N) is 2. The van der Waals surface area contributed by atoms with Gasteiger partial charge in [0.1, 0.15) is 17.1 Å². The van der Waals surface area contributed by atoms with E-state index < -0.39 is 5.54 Å². The zero-order valence-corrected chi connectivity index (χ0v) is 13.5. The monoisotopic (exact) mass is 327 g/mol. The van der Waals surface area contributed by atoms with E-state index in [4.69, 9.17) is 8.83 Å². The molecule has 2 heterocycles. The lowest BCUT2D eigenvalue weighted by atomic mass is 10.00. The van der Waals surface area contributed by atoms with Gasteiger partial charge in [-0.3, -0.25) is 9.69 Å². The minimum absolute atomic E-state index is 0.142. The zero-order valence-electron chi connectivity index (χ0n) is 13.5. The molecule has 0 aromatic carbocycles. The van der Waals surface area contributed by atoms with Crippen LogP contribution in [0.4, 0.5) is 0 Å². The number of nitrogens with one attached hydrogen (secondary N) is 1. The molecule has 3 rings (SSSR count). The Morgan fingerprint density at radius 2 is 1.75 bits per heavy atom. The number of furan rings is 2. The number of rotatable bonds is 7. The molecule has 1 amide bonds. The van der Waals surface area contributed by atoms with E-state index in [0.29, 0.717) is 13.1 Å².